The summed E-state index contributed by atoms with van der Waals surface area (Å²) in [5.74, 6) is -0.860. The Bertz CT molecular complexity index is 455. The zero-order valence-electron chi connectivity index (χ0n) is 11.7. The molecular formula is C15H20BrFN2O. The minimum Gasteiger partial charge on any atom is -0.348 e. The first kappa shape index (κ1) is 15.4. The van der Waals surface area contributed by atoms with Gasteiger partial charge in [-0.25, -0.2) is 4.39 Å². The number of hydrogen-bond donors (Lipinski definition) is 1. The third kappa shape index (κ3) is 4.03. The predicted octanol–water partition coefficient (Wildman–Crippen LogP) is 3.19. The number of nitrogens with one attached hydrogen (secondary N) is 1. The highest BCUT2D eigenvalue weighted by Gasteiger charge is 2.19. The molecule has 1 heterocycles. The van der Waals surface area contributed by atoms with Gasteiger partial charge in [0.1, 0.15) is 5.82 Å². The van der Waals surface area contributed by atoms with E-state index in [0.717, 1.165) is 19.6 Å². The Balaban J connectivity index is 1.93. The topological polar surface area (TPSA) is 32.3 Å². The second-order valence-electron chi connectivity index (χ2n) is 5.33. The lowest BCUT2D eigenvalue weighted by atomic mass is 10.1. The summed E-state index contributed by atoms with van der Waals surface area (Å²) < 4.78 is 14.2. The van der Waals surface area contributed by atoms with Crippen LogP contribution < -0.4 is 5.32 Å². The van der Waals surface area contributed by atoms with Crippen LogP contribution in [0.2, 0.25) is 0 Å². The van der Waals surface area contributed by atoms with Gasteiger partial charge < -0.3 is 10.2 Å². The van der Waals surface area contributed by atoms with E-state index in [1.54, 1.807) is 12.1 Å². The molecule has 20 heavy (non-hydrogen) atoms. The van der Waals surface area contributed by atoms with E-state index in [9.17, 15) is 9.18 Å². The van der Waals surface area contributed by atoms with Gasteiger partial charge in [0.25, 0.3) is 5.91 Å². The van der Waals surface area contributed by atoms with Gasteiger partial charge in [0, 0.05) is 17.1 Å². The molecule has 0 aliphatic carbocycles. The van der Waals surface area contributed by atoms with E-state index in [2.05, 4.69) is 26.1 Å². The Morgan fingerprint density at radius 3 is 2.75 bits per heavy atom. The Hall–Kier alpha value is -0.940. The Morgan fingerprint density at radius 1 is 1.40 bits per heavy atom. The zero-order valence-corrected chi connectivity index (χ0v) is 13.2. The van der Waals surface area contributed by atoms with Crippen LogP contribution in [-0.4, -0.2) is 36.5 Å². The van der Waals surface area contributed by atoms with Gasteiger partial charge in [0.15, 0.2) is 0 Å². The van der Waals surface area contributed by atoms with Crippen molar-refractivity contribution in [3.05, 3.63) is 34.1 Å². The first-order chi connectivity index (χ1) is 9.58. The van der Waals surface area contributed by atoms with E-state index in [0.29, 0.717) is 4.47 Å². The highest BCUT2D eigenvalue weighted by atomic mass is 79.9. The molecule has 1 amide bonds. The zero-order chi connectivity index (χ0) is 14.5. The maximum Gasteiger partial charge on any atom is 0.255 e. The van der Waals surface area contributed by atoms with Crippen LogP contribution in [0.5, 0.6) is 0 Å². The molecule has 110 valence electrons. The van der Waals surface area contributed by atoms with Gasteiger partial charge in [0.05, 0.1) is 5.56 Å². The van der Waals surface area contributed by atoms with Crippen LogP contribution in [0.15, 0.2) is 22.7 Å². The normalized spacial score (nSPS) is 17.8. The number of likely N-dealkylation sites (tertiary alicyclic amines) is 1. The van der Waals surface area contributed by atoms with Crippen molar-refractivity contribution in [1.82, 2.24) is 10.2 Å². The van der Waals surface area contributed by atoms with Crippen molar-refractivity contribution in [3.63, 3.8) is 0 Å². The molecule has 0 saturated carbocycles. The van der Waals surface area contributed by atoms with Crippen molar-refractivity contribution < 1.29 is 9.18 Å². The number of carbonyl (C=O) groups excluding carboxylic acids is 1. The number of amides is 1. The molecule has 3 nitrogen and oxygen atoms in total. The summed E-state index contributed by atoms with van der Waals surface area (Å²) in [6.07, 6.45) is 3.73. The Morgan fingerprint density at radius 2 is 2.10 bits per heavy atom. The first-order valence-corrected chi connectivity index (χ1v) is 7.84. The molecule has 0 radical (unpaired) electrons. The third-order valence-electron chi connectivity index (χ3n) is 3.55. The van der Waals surface area contributed by atoms with E-state index in [1.807, 2.05) is 6.92 Å². The van der Waals surface area contributed by atoms with Crippen molar-refractivity contribution in [3.8, 4) is 0 Å². The summed E-state index contributed by atoms with van der Waals surface area (Å²) in [5.41, 5.74) is 0.0815. The number of nitrogens with zero attached hydrogens (tertiary/aromatic N) is 1. The molecule has 1 aliphatic heterocycles. The average Bonchev–Trinajstić information content (AvgIpc) is 2.39. The summed E-state index contributed by atoms with van der Waals surface area (Å²) in [6.45, 7) is 4.95. The largest absolute Gasteiger partial charge is 0.348 e. The number of rotatable bonds is 4. The van der Waals surface area contributed by atoms with Gasteiger partial charge in [-0.2, -0.15) is 0 Å². The highest BCUT2D eigenvalue weighted by Crippen LogP contribution is 2.19. The van der Waals surface area contributed by atoms with E-state index in [1.165, 1.54) is 25.3 Å². The van der Waals surface area contributed by atoms with Crippen LogP contribution in [0.1, 0.15) is 36.5 Å². The number of halogens is 2. The van der Waals surface area contributed by atoms with E-state index in [4.69, 9.17) is 0 Å². The van der Waals surface area contributed by atoms with Crippen LogP contribution in [0.4, 0.5) is 4.39 Å². The number of carbonyl (C=O) groups is 1. The molecular weight excluding hydrogens is 323 g/mol. The molecule has 2 rings (SSSR count). The summed E-state index contributed by atoms with van der Waals surface area (Å²) in [4.78, 5) is 14.5. The van der Waals surface area contributed by atoms with Gasteiger partial charge in [-0.05, 0) is 60.9 Å². The highest BCUT2D eigenvalue weighted by molar-refractivity contribution is 9.10. The molecule has 5 heteroatoms. The van der Waals surface area contributed by atoms with Gasteiger partial charge in [-0.15, -0.1) is 0 Å². The monoisotopic (exact) mass is 342 g/mol. The molecule has 1 atom stereocenters. The summed E-state index contributed by atoms with van der Waals surface area (Å²) in [5, 5.41) is 2.87. The molecule has 0 aromatic heterocycles. The van der Waals surface area contributed by atoms with Crippen LogP contribution >= 0.6 is 15.9 Å². The van der Waals surface area contributed by atoms with Crippen molar-refractivity contribution in [2.75, 3.05) is 19.6 Å². The van der Waals surface area contributed by atoms with Crippen LogP contribution in [0.25, 0.3) is 0 Å². The summed E-state index contributed by atoms with van der Waals surface area (Å²) >= 11 is 3.22. The SMILES string of the molecule is CC(CN1CCCCC1)NC(=O)c1c(F)cccc1Br. The van der Waals surface area contributed by atoms with E-state index >= 15 is 0 Å². The standard InChI is InChI=1S/C15H20BrFN2O/c1-11(10-19-8-3-2-4-9-19)18-15(20)14-12(16)6-5-7-13(14)17/h5-7,11H,2-4,8-10H2,1H3,(H,18,20). The average molecular weight is 343 g/mol. The van der Waals surface area contributed by atoms with Crippen LogP contribution in [0, 0.1) is 5.82 Å². The minimum atomic E-state index is -0.498. The maximum absolute atomic E-state index is 13.7. The van der Waals surface area contributed by atoms with E-state index < -0.39 is 5.82 Å². The third-order valence-corrected chi connectivity index (χ3v) is 4.21. The van der Waals surface area contributed by atoms with Crippen molar-refractivity contribution in [2.45, 2.75) is 32.2 Å². The van der Waals surface area contributed by atoms with Crippen LogP contribution in [0.3, 0.4) is 0 Å². The van der Waals surface area contributed by atoms with Gasteiger partial charge in [0.2, 0.25) is 0 Å². The Kier molecular flexibility index (Phi) is 5.54. The Labute approximate surface area is 127 Å². The maximum atomic E-state index is 13.7. The fourth-order valence-electron chi connectivity index (χ4n) is 2.59. The van der Waals surface area contributed by atoms with Gasteiger partial charge in [-0.3, -0.25) is 4.79 Å². The van der Waals surface area contributed by atoms with Gasteiger partial charge in [-0.1, -0.05) is 12.5 Å². The van der Waals surface area contributed by atoms with Gasteiger partial charge >= 0.3 is 0 Å². The van der Waals surface area contributed by atoms with Crippen LogP contribution in [-0.2, 0) is 0 Å². The molecule has 1 N–H and O–H groups in total. The first-order valence-electron chi connectivity index (χ1n) is 7.05. The van der Waals surface area contributed by atoms with Crippen molar-refractivity contribution in [1.29, 1.82) is 0 Å². The van der Waals surface area contributed by atoms with E-state index in [-0.39, 0.29) is 17.5 Å². The van der Waals surface area contributed by atoms with Crippen molar-refractivity contribution in [2.24, 2.45) is 0 Å². The smallest absolute Gasteiger partial charge is 0.255 e. The van der Waals surface area contributed by atoms with Crippen molar-refractivity contribution >= 4 is 21.8 Å². The molecule has 1 saturated heterocycles. The summed E-state index contributed by atoms with van der Waals surface area (Å²) in [6, 6.07) is 4.56. The lowest BCUT2D eigenvalue weighted by Crippen LogP contribution is -2.43. The molecule has 0 spiro atoms. The minimum absolute atomic E-state index is 0.00658. The molecule has 1 aromatic carbocycles. The lowest BCUT2D eigenvalue weighted by Gasteiger charge is -2.29. The molecule has 1 aliphatic rings. The molecule has 1 fully saturated rings. The predicted molar refractivity (Wildman–Crippen MR) is 81.3 cm³/mol. The number of hydrogen-bond acceptors (Lipinski definition) is 2. The second-order valence-corrected chi connectivity index (χ2v) is 6.19. The number of benzene rings is 1. The number of piperidine rings is 1. The fourth-order valence-corrected chi connectivity index (χ4v) is 3.11. The summed E-state index contributed by atoms with van der Waals surface area (Å²) in [7, 11) is 0. The molecule has 1 aromatic rings. The fraction of sp³-hybridized carbons (Fsp3) is 0.533. The molecule has 1 unspecified atom stereocenters. The second kappa shape index (κ2) is 7.18. The molecule has 0 bridgehead atoms. The lowest BCUT2D eigenvalue weighted by molar-refractivity contribution is 0.0921. The quantitative estimate of drug-likeness (QED) is 0.911.